The van der Waals surface area contributed by atoms with Gasteiger partial charge in [-0.15, -0.1) is 0 Å². The fraction of sp³-hybridized carbons (Fsp3) is 0.450. The maximum Gasteiger partial charge on any atom is 0.407 e. The molecular weight excluding hydrogens is 426 g/mol. The van der Waals surface area contributed by atoms with Gasteiger partial charge >= 0.3 is 6.09 Å². The van der Waals surface area contributed by atoms with Gasteiger partial charge in [-0.1, -0.05) is 29.8 Å². The number of hydrogen-bond acceptors (Lipinski definition) is 4. The minimum Gasteiger partial charge on any atom is -0.453 e. The molecule has 2 amide bonds. The second-order valence-corrected chi connectivity index (χ2v) is 8.24. The van der Waals surface area contributed by atoms with E-state index in [4.69, 9.17) is 0 Å². The number of nitrogens with one attached hydrogen (secondary N) is 2. The number of halogens is 1. The molecule has 1 aliphatic rings. The molecule has 2 atom stereocenters. The van der Waals surface area contributed by atoms with Gasteiger partial charge in [0.15, 0.2) is 5.43 Å². The van der Waals surface area contributed by atoms with E-state index in [1.54, 1.807) is 17.0 Å². The largest absolute Gasteiger partial charge is 0.453 e. The molecule has 1 aromatic carbocycles. The number of alkyl carbamates (subject to hydrolysis) is 1. The van der Waals surface area contributed by atoms with Crippen LogP contribution in [-0.4, -0.2) is 41.6 Å². The van der Waals surface area contributed by atoms with Crippen molar-refractivity contribution in [2.24, 2.45) is 5.92 Å². The van der Waals surface area contributed by atoms with Gasteiger partial charge in [0.1, 0.15) is 6.04 Å². The molecule has 0 aliphatic carbocycles. The van der Waals surface area contributed by atoms with Crippen molar-refractivity contribution in [2.45, 2.75) is 38.8 Å². The summed E-state index contributed by atoms with van der Waals surface area (Å²) >= 11 is 3.38. The molecule has 150 valence electrons. The zero-order chi connectivity index (χ0) is 20.4. The average Bonchev–Trinajstić information content (AvgIpc) is 3.15. The number of ether oxygens (including phenoxy) is 1. The number of H-pyrrole nitrogens is 1. The molecule has 2 unspecified atom stereocenters. The van der Waals surface area contributed by atoms with E-state index in [-0.39, 0.29) is 23.3 Å². The summed E-state index contributed by atoms with van der Waals surface area (Å²) in [5.74, 6) is -0.263. The molecule has 8 heteroatoms. The summed E-state index contributed by atoms with van der Waals surface area (Å²) in [5, 5.41) is 3.23. The number of carbonyl (C=O) groups is 2. The first-order chi connectivity index (χ1) is 13.3. The Morgan fingerprint density at radius 3 is 2.75 bits per heavy atom. The number of hydrogen-bond donors (Lipinski definition) is 2. The lowest BCUT2D eigenvalue weighted by Gasteiger charge is -2.30. The molecular formula is C20H24BrN3O4. The quantitative estimate of drug-likeness (QED) is 0.748. The molecule has 1 aromatic heterocycles. The van der Waals surface area contributed by atoms with Crippen LogP contribution in [0.5, 0.6) is 0 Å². The topological polar surface area (TPSA) is 91.5 Å². The van der Waals surface area contributed by atoms with E-state index >= 15 is 0 Å². The number of nitrogens with zero attached hydrogens (tertiary/aromatic N) is 1. The highest BCUT2D eigenvalue weighted by Gasteiger charge is 2.36. The van der Waals surface area contributed by atoms with Crippen LogP contribution in [0.25, 0.3) is 10.9 Å². The monoisotopic (exact) mass is 449 g/mol. The summed E-state index contributed by atoms with van der Waals surface area (Å²) in [4.78, 5) is 42.5. The van der Waals surface area contributed by atoms with Crippen LogP contribution >= 0.6 is 15.9 Å². The zero-order valence-corrected chi connectivity index (χ0v) is 17.7. The zero-order valence-electron chi connectivity index (χ0n) is 16.1. The molecule has 1 fully saturated rings. The highest BCUT2D eigenvalue weighted by Crippen LogP contribution is 2.32. The summed E-state index contributed by atoms with van der Waals surface area (Å²) in [6.45, 7) is 4.33. The molecule has 2 N–H and O–H groups in total. The second kappa shape index (κ2) is 8.34. The van der Waals surface area contributed by atoms with Crippen LogP contribution in [0.1, 0.15) is 38.4 Å². The Bertz CT molecular complexity index is 956. The molecule has 0 spiro atoms. The lowest BCUT2D eigenvalue weighted by Crippen LogP contribution is -2.51. The number of fused-ring (bicyclic) bond motifs is 1. The number of methoxy groups -OCH3 is 1. The van der Waals surface area contributed by atoms with E-state index < -0.39 is 12.1 Å². The minimum atomic E-state index is -0.684. The van der Waals surface area contributed by atoms with Gasteiger partial charge in [0.05, 0.1) is 13.2 Å². The number of likely N-dealkylation sites (tertiary alicyclic amines) is 1. The van der Waals surface area contributed by atoms with E-state index in [1.165, 1.54) is 7.11 Å². The van der Waals surface area contributed by atoms with Gasteiger partial charge in [0.25, 0.3) is 0 Å². The third-order valence-electron chi connectivity index (χ3n) is 5.10. The highest BCUT2D eigenvalue weighted by atomic mass is 79.9. The first-order valence-electron chi connectivity index (χ1n) is 9.29. The molecule has 3 rings (SSSR count). The lowest BCUT2D eigenvalue weighted by atomic mass is 10.0. The van der Waals surface area contributed by atoms with Crippen LogP contribution in [-0.2, 0) is 9.53 Å². The molecule has 0 radical (unpaired) electrons. The second-order valence-electron chi connectivity index (χ2n) is 7.33. The Morgan fingerprint density at radius 2 is 2.07 bits per heavy atom. The van der Waals surface area contributed by atoms with Gasteiger partial charge in [-0.3, -0.25) is 9.59 Å². The van der Waals surface area contributed by atoms with Crippen LogP contribution in [0.3, 0.4) is 0 Å². The summed E-state index contributed by atoms with van der Waals surface area (Å²) in [6, 6.07) is 6.16. The smallest absolute Gasteiger partial charge is 0.407 e. The van der Waals surface area contributed by atoms with Crippen LogP contribution in [0.2, 0.25) is 0 Å². The normalized spacial score (nSPS) is 17.8. The van der Waals surface area contributed by atoms with Gasteiger partial charge in [-0.05, 0) is 37.0 Å². The van der Waals surface area contributed by atoms with Crippen molar-refractivity contribution < 1.29 is 14.3 Å². The number of aromatic nitrogens is 1. The Kier molecular flexibility index (Phi) is 6.07. The highest BCUT2D eigenvalue weighted by molar-refractivity contribution is 9.10. The number of aromatic amines is 1. The maximum atomic E-state index is 13.2. The van der Waals surface area contributed by atoms with E-state index in [1.807, 2.05) is 26.0 Å². The van der Waals surface area contributed by atoms with Crippen LogP contribution in [0.4, 0.5) is 4.79 Å². The molecule has 2 heterocycles. The third kappa shape index (κ3) is 4.06. The molecule has 28 heavy (non-hydrogen) atoms. The number of pyridine rings is 1. The van der Waals surface area contributed by atoms with E-state index in [0.29, 0.717) is 17.6 Å². The van der Waals surface area contributed by atoms with Crippen molar-refractivity contribution in [3.05, 3.63) is 44.7 Å². The van der Waals surface area contributed by atoms with Crippen LogP contribution < -0.4 is 10.7 Å². The predicted octanol–water partition coefficient (Wildman–Crippen LogP) is 3.33. The SMILES string of the molecule is COC(=O)NC(C(=O)N1CCCC1c1cc(=O)c2cc(Br)ccc2[nH]1)C(C)C. The third-order valence-corrected chi connectivity index (χ3v) is 5.59. The van der Waals surface area contributed by atoms with Crippen LogP contribution in [0.15, 0.2) is 33.5 Å². The number of benzene rings is 1. The Balaban J connectivity index is 1.93. The Morgan fingerprint density at radius 1 is 1.32 bits per heavy atom. The first-order valence-corrected chi connectivity index (χ1v) is 10.1. The van der Waals surface area contributed by atoms with E-state index in [9.17, 15) is 14.4 Å². The standard InChI is InChI=1S/C20H24BrN3O4/c1-11(2)18(23-20(27)28-3)19(26)24-8-4-5-16(24)15-10-17(25)13-9-12(21)6-7-14(13)22-15/h6-7,9-11,16,18H,4-5,8H2,1-3H3,(H,22,25)(H,23,27). The molecule has 0 bridgehead atoms. The van der Waals surface area contributed by atoms with Crippen molar-refractivity contribution in [1.82, 2.24) is 15.2 Å². The van der Waals surface area contributed by atoms with Gasteiger partial charge in [0, 0.05) is 33.7 Å². The van der Waals surface area contributed by atoms with Crippen molar-refractivity contribution in [3.63, 3.8) is 0 Å². The summed E-state index contributed by atoms with van der Waals surface area (Å²) in [5.41, 5.74) is 1.36. The minimum absolute atomic E-state index is 0.0857. The van der Waals surface area contributed by atoms with Gasteiger partial charge < -0.3 is 19.9 Å². The van der Waals surface area contributed by atoms with E-state index in [0.717, 1.165) is 22.8 Å². The van der Waals surface area contributed by atoms with Crippen molar-refractivity contribution in [3.8, 4) is 0 Å². The Hall–Kier alpha value is -2.35. The first kappa shape index (κ1) is 20.4. The summed E-state index contributed by atoms with van der Waals surface area (Å²) < 4.78 is 5.49. The van der Waals surface area contributed by atoms with Gasteiger partial charge in [-0.2, -0.15) is 0 Å². The van der Waals surface area contributed by atoms with E-state index in [2.05, 4.69) is 31.0 Å². The molecule has 1 saturated heterocycles. The van der Waals surface area contributed by atoms with Crippen molar-refractivity contribution in [1.29, 1.82) is 0 Å². The number of amides is 2. The van der Waals surface area contributed by atoms with Gasteiger partial charge in [-0.25, -0.2) is 4.79 Å². The van der Waals surface area contributed by atoms with Crippen LogP contribution in [0, 0.1) is 5.92 Å². The fourth-order valence-electron chi connectivity index (χ4n) is 3.65. The summed E-state index contributed by atoms with van der Waals surface area (Å²) in [6.07, 6.45) is 0.958. The maximum absolute atomic E-state index is 13.2. The Labute approximate surface area is 171 Å². The molecule has 0 saturated carbocycles. The predicted molar refractivity (Wildman–Crippen MR) is 110 cm³/mol. The fourth-order valence-corrected chi connectivity index (χ4v) is 4.01. The molecule has 2 aromatic rings. The van der Waals surface area contributed by atoms with Gasteiger partial charge in [0.2, 0.25) is 5.91 Å². The number of rotatable bonds is 4. The molecule has 7 nitrogen and oxygen atoms in total. The van der Waals surface area contributed by atoms with Crippen molar-refractivity contribution >= 4 is 38.8 Å². The average molecular weight is 450 g/mol. The number of carbonyl (C=O) groups excluding carboxylic acids is 2. The summed E-state index contributed by atoms with van der Waals surface area (Å²) in [7, 11) is 1.27. The molecule has 1 aliphatic heterocycles. The van der Waals surface area contributed by atoms with Crippen molar-refractivity contribution in [2.75, 3.05) is 13.7 Å². The lowest BCUT2D eigenvalue weighted by molar-refractivity contribution is -0.135.